The van der Waals surface area contributed by atoms with Gasteiger partial charge in [0.15, 0.2) is 0 Å². The van der Waals surface area contributed by atoms with Gasteiger partial charge in [-0.3, -0.25) is 0 Å². The van der Waals surface area contributed by atoms with Crippen LogP contribution in [-0.4, -0.2) is 19.1 Å². The Bertz CT molecular complexity index is 451. The Morgan fingerprint density at radius 2 is 1.79 bits per heavy atom. The molecule has 0 saturated heterocycles. The molecule has 0 amide bonds. The summed E-state index contributed by atoms with van der Waals surface area (Å²) in [6.45, 7) is 4.96. The lowest BCUT2D eigenvalue weighted by atomic mass is 9.49. The second-order valence-corrected chi connectivity index (χ2v) is 10.2. The largest absolute Gasteiger partial charge is 0.394 e. The molecule has 24 heavy (non-hydrogen) atoms. The van der Waals surface area contributed by atoms with Gasteiger partial charge in [0.1, 0.15) is 7.85 Å². The van der Waals surface area contributed by atoms with Crippen LogP contribution in [0.25, 0.3) is 0 Å². The van der Waals surface area contributed by atoms with Gasteiger partial charge < -0.3 is 5.11 Å². The third-order valence-corrected chi connectivity index (χ3v) is 9.60. The van der Waals surface area contributed by atoms with E-state index in [1.807, 2.05) is 0 Å². The fraction of sp³-hybridized carbons (Fsp3) is 1.00. The highest BCUT2D eigenvalue weighted by Crippen LogP contribution is 2.65. The number of aliphatic hydroxyl groups excluding tert-OH is 1. The maximum atomic E-state index is 10.6. The van der Waals surface area contributed by atoms with Gasteiger partial charge in [-0.05, 0) is 98.2 Å². The van der Waals surface area contributed by atoms with Crippen molar-refractivity contribution in [2.24, 2.45) is 46.8 Å². The number of hydrogen-bond donors (Lipinski definition) is 1. The summed E-state index contributed by atoms with van der Waals surface area (Å²) < 4.78 is 0. The van der Waals surface area contributed by atoms with Crippen LogP contribution in [0.1, 0.15) is 78.1 Å². The number of rotatable bonds is 3. The molecule has 4 rings (SSSR count). The Labute approximate surface area is 150 Å². The van der Waals surface area contributed by atoms with Gasteiger partial charge in [-0.2, -0.15) is 0 Å². The monoisotopic (exact) mass is 330 g/mol. The van der Waals surface area contributed by atoms with Crippen molar-refractivity contribution in [2.75, 3.05) is 0 Å². The van der Waals surface area contributed by atoms with Crippen molar-refractivity contribution in [3.63, 3.8) is 0 Å². The maximum absolute atomic E-state index is 10.6. The molecule has 0 aromatic rings. The molecule has 0 aromatic heterocycles. The van der Waals surface area contributed by atoms with Crippen LogP contribution in [0, 0.1) is 46.8 Å². The van der Waals surface area contributed by atoms with Crippen LogP contribution in [-0.2, 0) is 0 Å². The zero-order valence-corrected chi connectivity index (χ0v) is 16.3. The molecule has 0 radical (unpaired) electrons. The van der Waals surface area contributed by atoms with E-state index in [0.717, 1.165) is 41.8 Å². The Morgan fingerprint density at radius 3 is 2.54 bits per heavy atom. The lowest BCUT2D eigenvalue weighted by molar-refractivity contribution is -0.0820. The minimum atomic E-state index is -0.0483. The smallest absolute Gasteiger partial charge is 0.104 e. The van der Waals surface area contributed by atoms with E-state index in [9.17, 15) is 5.11 Å². The van der Waals surface area contributed by atoms with E-state index in [2.05, 4.69) is 21.7 Å². The van der Waals surface area contributed by atoms with Crippen molar-refractivity contribution in [2.45, 2.75) is 90.5 Å². The summed E-state index contributed by atoms with van der Waals surface area (Å²) in [7, 11) is 2.17. The first kappa shape index (κ1) is 17.4. The van der Waals surface area contributed by atoms with E-state index < -0.39 is 0 Å². The van der Waals surface area contributed by atoms with Gasteiger partial charge in [-0.15, -0.1) is 0 Å². The molecule has 4 fully saturated rings. The second-order valence-electron chi connectivity index (χ2n) is 10.2. The zero-order valence-electron chi connectivity index (χ0n) is 16.3. The molecule has 0 bridgehead atoms. The molecule has 1 nitrogen and oxygen atoms in total. The van der Waals surface area contributed by atoms with Crippen LogP contribution in [0.2, 0.25) is 6.32 Å². The Kier molecular flexibility index (Phi) is 4.82. The van der Waals surface area contributed by atoms with E-state index >= 15 is 0 Å². The molecule has 9 unspecified atom stereocenters. The molecule has 136 valence electrons. The lowest BCUT2D eigenvalue weighted by Gasteiger charge is -2.56. The van der Waals surface area contributed by atoms with E-state index in [1.54, 1.807) is 6.42 Å². The molecule has 4 saturated carbocycles. The lowest BCUT2D eigenvalue weighted by Crippen LogP contribution is -2.49. The highest BCUT2D eigenvalue weighted by molar-refractivity contribution is 6.08. The first-order valence-electron chi connectivity index (χ1n) is 11.3. The van der Waals surface area contributed by atoms with Gasteiger partial charge in [0.25, 0.3) is 0 Å². The van der Waals surface area contributed by atoms with Crippen LogP contribution in [0.3, 0.4) is 0 Å². The first-order valence-corrected chi connectivity index (χ1v) is 11.3. The SMILES string of the molecule is BCC(O)C1CCC2C3CCC4CC(CC)CCC4C3CCC12C. The molecule has 4 aliphatic carbocycles. The van der Waals surface area contributed by atoms with Gasteiger partial charge in [-0.1, -0.05) is 33.0 Å². The number of hydrogen-bond acceptors (Lipinski definition) is 1. The minimum Gasteiger partial charge on any atom is -0.394 e. The van der Waals surface area contributed by atoms with Gasteiger partial charge in [-0.25, -0.2) is 0 Å². The van der Waals surface area contributed by atoms with Crippen LogP contribution in [0.5, 0.6) is 0 Å². The summed E-state index contributed by atoms with van der Waals surface area (Å²) in [5.41, 5.74) is 0.448. The van der Waals surface area contributed by atoms with Gasteiger partial charge in [0.2, 0.25) is 0 Å². The Hall–Kier alpha value is 0.0249. The van der Waals surface area contributed by atoms with Crippen molar-refractivity contribution < 1.29 is 5.11 Å². The summed E-state index contributed by atoms with van der Waals surface area (Å²) >= 11 is 0. The van der Waals surface area contributed by atoms with Crippen molar-refractivity contribution >= 4 is 7.85 Å². The molecule has 1 N–H and O–H groups in total. The van der Waals surface area contributed by atoms with E-state index in [4.69, 9.17) is 0 Å². The predicted molar refractivity (Wildman–Crippen MR) is 104 cm³/mol. The normalized spacial score (nSPS) is 52.2. The highest BCUT2D eigenvalue weighted by Gasteiger charge is 2.57. The highest BCUT2D eigenvalue weighted by atomic mass is 16.3. The summed E-state index contributed by atoms with van der Waals surface area (Å²) in [6, 6.07) is 0. The van der Waals surface area contributed by atoms with Crippen LogP contribution < -0.4 is 0 Å². The topological polar surface area (TPSA) is 20.2 Å². The molecule has 9 atom stereocenters. The zero-order chi connectivity index (χ0) is 16.9. The average Bonchev–Trinajstić information content (AvgIpc) is 2.97. The minimum absolute atomic E-state index is 0.0483. The maximum Gasteiger partial charge on any atom is 0.104 e. The molecule has 2 heteroatoms. The second kappa shape index (κ2) is 6.64. The van der Waals surface area contributed by atoms with Crippen LogP contribution >= 0.6 is 0 Å². The molecule has 0 spiro atoms. The Balaban J connectivity index is 1.51. The molecule has 0 heterocycles. The summed E-state index contributed by atoms with van der Waals surface area (Å²) in [5, 5.41) is 10.6. The third-order valence-electron chi connectivity index (χ3n) is 9.60. The molecular weight excluding hydrogens is 291 g/mol. The Morgan fingerprint density at radius 1 is 1.00 bits per heavy atom. The predicted octanol–water partition coefficient (Wildman–Crippen LogP) is 4.69. The van der Waals surface area contributed by atoms with E-state index in [0.29, 0.717) is 11.3 Å². The van der Waals surface area contributed by atoms with Crippen molar-refractivity contribution in [3.8, 4) is 0 Å². The number of aliphatic hydroxyl groups is 1. The summed E-state index contributed by atoms with van der Waals surface area (Å²) in [6.07, 6.45) is 15.5. The molecule has 4 aliphatic rings. The van der Waals surface area contributed by atoms with Crippen molar-refractivity contribution in [1.82, 2.24) is 0 Å². The van der Waals surface area contributed by atoms with Crippen molar-refractivity contribution in [3.05, 3.63) is 0 Å². The van der Waals surface area contributed by atoms with Gasteiger partial charge >= 0.3 is 0 Å². The standard InChI is InChI=1S/C22H39BO/c1-3-14-4-6-16-15(12-14)5-7-18-17(16)10-11-22(2)19(18)8-9-20(22)21(24)13-23/h14-21,24H,3-13,23H2,1-2H3. The fourth-order valence-electron chi connectivity index (χ4n) is 8.28. The average molecular weight is 330 g/mol. The third kappa shape index (κ3) is 2.61. The molecular formula is C22H39BO. The van der Waals surface area contributed by atoms with Gasteiger partial charge in [0.05, 0.1) is 6.10 Å². The first-order chi connectivity index (χ1) is 11.6. The van der Waals surface area contributed by atoms with E-state index in [1.165, 1.54) is 57.8 Å². The number of fused-ring (bicyclic) bond motifs is 5. The quantitative estimate of drug-likeness (QED) is 0.744. The van der Waals surface area contributed by atoms with Gasteiger partial charge in [0, 0.05) is 0 Å². The summed E-state index contributed by atoms with van der Waals surface area (Å²) in [5.74, 6) is 6.70. The van der Waals surface area contributed by atoms with Crippen molar-refractivity contribution in [1.29, 1.82) is 0 Å². The molecule has 0 aromatic carbocycles. The van der Waals surface area contributed by atoms with E-state index in [-0.39, 0.29) is 6.10 Å². The van der Waals surface area contributed by atoms with Crippen LogP contribution in [0.15, 0.2) is 0 Å². The fourth-order valence-corrected chi connectivity index (χ4v) is 8.28. The molecule has 0 aliphatic heterocycles. The van der Waals surface area contributed by atoms with Crippen LogP contribution in [0.4, 0.5) is 0 Å². The summed E-state index contributed by atoms with van der Waals surface area (Å²) in [4.78, 5) is 0.